The third-order valence-corrected chi connectivity index (χ3v) is 7.34. The second-order valence-corrected chi connectivity index (χ2v) is 10.7. The first kappa shape index (κ1) is 20.5. The molecule has 2 aromatic heterocycles. The van der Waals surface area contributed by atoms with Crippen LogP contribution >= 0.6 is 54.5 Å². The molecule has 4 rings (SSSR count). The fraction of sp³-hybridized carbons (Fsp3) is 0.0909. The molecule has 0 aliphatic rings. The Morgan fingerprint density at radius 1 is 0.931 bits per heavy atom. The minimum atomic E-state index is 0.843. The van der Waals surface area contributed by atoms with E-state index >= 15 is 0 Å². The number of aryl methyl sites for hydroxylation is 2. The molecule has 0 saturated carbocycles. The van der Waals surface area contributed by atoms with Crippen LogP contribution in [0.15, 0.2) is 78.3 Å². The van der Waals surface area contributed by atoms with Crippen molar-refractivity contribution in [2.75, 3.05) is 0 Å². The molecule has 0 unspecified atom stereocenters. The van der Waals surface area contributed by atoms with E-state index in [4.69, 9.17) is 10.1 Å². The topological polar surface area (TPSA) is 29.6 Å². The Kier molecular flexibility index (Phi) is 6.29. The predicted octanol–water partition coefficient (Wildman–Crippen LogP) is 7.53. The Labute approximate surface area is 194 Å². The molecule has 3 nitrogen and oxygen atoms in total. The molecule has 4 aromatic rings. The number of thiazole rings is 1. The van der Waals surface area contributed by atoms with Crippen molar-refractivity contribution >= 4 is 66.4 Å². The summed E-state index contributed by atoms with van der Waals surface area (Å²) in [5, 5.41) is 6.91. The Morgan fingerprint density at radius 2 is 1.66 bits per heavy atom. The average Bonchev–Trinajstić information content (AvgIpc) is 3.30. The van der Waals surface area contributed by atoms with Crippen molar-refractivity contribution < 1.29 is 0 Å². The largest absolute Gasteiger partial charge is 0.219 e. The Balaban J connectivity index is 1.87. The number of para-hydroxylation sites is 1. The van der Waals surface area contributed by atoms with Crippen molar-refractivity contribution in [3.63, 3.8) is 0 Å². The fourth-order valence-electron chi connectivity index (χ4n) is 2.86. The van der Waals surface area contributed by atoms with Gasteiger partial charge in [-0.15, -0.1) is 22.7 Å². The number of nitrogens with zero attached hydrogens (tertiary/aromatic N) is 3. The molecule has 0 atom stereocenters. The highest BCUT2D eigenvalue weighted by Crippen LogP contribution is 2.32. The maximum absolute atomic E-state index is 4.97. The normalized spacial score (nSPS) is 12.2. The van der Waals surface area contributed by atoms with E-state index in [1.807, 2.05) is 35.2 Å². The smallest absolute Gasteiger partial charge is 0.211 e. The quantitative estimate of drug-likeness (QED) is 0.237. The van der Waals surface area contributed by atoms with E-state index in [1.54, 1.807) is 22.7 Å². The number of rotatable bonds is 4. The van der Waals surface area contributed by atoms with Crippen LogP contribution in [0.3, 0.4) is 0 Å². The molecule has 0 saturated heterocycles. The van der Waals surface area contributed by atoms with E-state index in [0.29, 0.717) is 0 Å². The summed E-state index contributed by atoms with van der Waals surface area (Å²) in [4.78, 5) is 6.96. The Hall–Kier alpha value is -1.80. The van der Waals surface area contributed by atoms with Crippen LogP contribution in [-0.4, -0.2) is 10.9 Å². The van der Waals surface area contributed by atoms with Crippen molar-refractivity contribution in [3.8, 4) is 10.6 Å². The van der Waals surface area contributed by atoms with Gasteiger partial charge >= 0.3 is 0 Å². The van der Waals surface area contributed by atoms with Crippen molar-refractivity contribution in [1.82, 2.24) is 4.68 Å². The van der Waals surface area contributed by atoms with E-state index in [0.717, 1.165) is 46.0 Å². The first-order valence-electron chi connectivity index (χ1n) is 8.88. The molecule has 29 heavy (non-hydrogen) atoms. The van der Waals surface area contributed by atoms with E-state index < -0.39 is 0 Å². The van der Waals surface area contributed by atoms with Gasteiger partial charge in [-0.1, -0.05) is 46.3 Å². The molecule has 0 amide bonds. The van der Waals surface area contributed by atoms with E-state index in [9.17, 15) is 0 Å². The van der Waals surface area contributed by atoms with Crippen LogP contribution in [0.25, 0.3) is 10.6 Å². The molecule has 2 heterocycles. The number of thiophene rings is 1. The summed E-state index contributed by atoms with van der Waals surface area (Å²) in [5.41, 5.74) is 5.37. The summed E-state index contributed by atoms with van der Waals surface area (Å²) in [7, 11) is 0. The van der Waals surface area contributed by atoms with Crippen LogP contribution in [0.5, 0.6) is 0 Å². The summed E-state index contributed by atoms with van der Waals surface area (Å²) in [6.07, 6.45) is 1.87. The van der Waals surface area contributed by atoms with Gasteiger partial charge in [-0.05, 0) is 70.7 Å². The van der Waals surface area contributed by atoms with Gasteiger partial charge in [-0.3, -0.25) is 0 Å². The third kappa shape index (κ3) is 4.69. The lowest BCUT2D eigenvalue weighted by Crippen LogP contribution is -2.11. The lowest BCUT2D eigenvalue weighted by atomic mass is 10.1. The summed E-state index contributed by atoms with van der Waals surface area (Å²) >= 11 is 10.3. The highest BCUT2D eigenvalue weighted by atomic mass is 79.9. The molecular formula is C22H17Br2N3S2. The molecule has 0 radical (unpaired) electrons. The van der Waals surface area contributed by atoms with Gasteiger partial charge in [0.05, 0.1) is 26.3 Å². The monoisotopic (exact) mass is 545 g/mol. The number of halogens is 2. The minimum absolute atomic E-state index is 0.843. The maximum atomic E-state index is 4.97. The fourth-order valence-corrected chi connectivity index (χ4v) is 5.42. The average molecular weight is 547 g/mol. The van der Waals surface area contributed by atoms with Crippen LogP contribution in [0.4, 0.5) is 5.69 Å². The van der Waals surface area contributed by atoms with E-state index in [2.05, 4.69) is 81.4 Å². The van der Waals surface area contributed by atoms with Crippen molar-refractivity contribution in [2.24, 2.45) is 10.1 Å². The highest BCUT2D eigenvalue weighted by molar-refractivity contribution is 9.11. The second kappa shape index (κ2) is 8.92. The first-order chi connectivity index (χ1) is 14.0. The molecular weight excluding hydrogens is 530 g/mol. The van der Waals surface area contributed by atoms with Crippen LogP contribution in [0.1, 0.15) is 16.7 Å². The van der Waals surface area contributed by atoms with Crippen molar-refractivity contribution in [3.05, 3.63) is 89.7 Å². The van der Waals surface area contributed by atoms with Gasteiger partial charge in [0, 0.05) is 9.85 Å². The lowest BCUT2D eigenvalue weighted by Gasteiger charge is -2.04. The number of hydrogen-bond acceptors (Lipinski definition) is 4. The van der Waals surface area contributed by atoms with Crippen LogP contribution in [0, 0.1) is 13.8 Å². The van der Waals surface area contributed by atoms with Gasteiger partial charge in [0.25, 0.3) is 0 Å². The SMILES string of the molecule is Cc1cccc(C)c1N=c1scc(-c2ccc(Br)s2)n1/N=C/c1ccc(Br)cc1. The molecule has 0 bridgehead atoms. The van der Waals surface area contributed by atoms with Gasteiger partial charge in [0.1, 0.15) is 0 Å². The second-order valence-electron chi connectivity index (χ2n) is 6.47. The van der Waals surface area contributed by atoms with E-state index in [-0.39, 0.29) is 0 Å². The molecule has 0 fully saturated rings. The maximum Gasteiger partial charge on any atom is 0.211 e. The third-order valence-electron chi connectivity index (χ3n) is 4.35. The molecule has 0 spiro atoms. The summed E-state index contributed by atoms with van der Waals surface area (Å²) in [6.45, 7) is 4.18. The van der Waals surface area contributed by atoms with Crippen molar-refractivity contribution in [1.29, 1.82) is 0 Å². The Bertz CT molecular complexity index is 1230. The van der Waals surface area contributed by atoms with Crippen LogP contribution in [-0.2, 0) is 0 Å². The number of aromatic nitrogens is 1. The summed E-state index contributed by atoms with van der Waals surface area (Å²) < 4.78 is 4.07. The van der Waals surface area contributed by atoms with Gasteiger partial charge in [-0.25, -0.2) is 9.67 Å². The standard InChI is InChI=1S/C22H17Br2N3S2/c1-14-4-3-5-15(2)21(14)26-22-27(25-12-16-6-8-17(23)9-7-16)18(13-28-22)19-10-11-20(24)29-19/h3-13H,1-2H3/b25-12+,26-22?. The number of benzene rings is 2. The molecule has 0 aliphatic carbocycles. The Morgan fingerprint density at radius 3 is 2.31 bits per heavy atom. The van der Waals surface area contributed by atoms with Crippen LogP contribution < -0.4 is 4.80 Å². The molecule has 7 heteroatoms. The van der Waals surface area contributed by atoms with Gasteiger partial charge in [-0.2, -0.15) is 5.10 Å². The summed E-state index contributed by atoms with van der Waals surface area (Å²) in [5.74, 6) is 0. The zero-order valence-corrected chi connectivity index (χ0v) is 20.6. The van der Waals surface area contributed by atoms with Crippen LogP contribution in [0.2, 0.25) is 0 Å². The highest BCUT2D eigenvalue weighted by Gasteiger charge is 2.11. The molecule has 0 N–H and O–H groups in total. The van der Waals surface area contributed by atoms with E-state index in [1.165, 1.54) is 0 Å². The first-order valence-corrected chi connectivity index (χ1v) is 12.2. The van der Waals surface area contributed by atoms with Crippen molar-refractivity contribution in [2.45, 2.75) is 13.8 Å². The lowest BCUT2D eigenvalue weighted by molar-refractivity contribution is 0.855. The predicted molar refractivity (Wildman–Crippen MR) is 132 cm³/mol. The molecule has 146 valence electrons. The number of hydrogen-bond donors (Lipinski definition) is 0. The zero-order chi connectivity index (χ0) is 20.4. The molecule has 0 aliphatic heterocycles. The van der Waals surface area contributed by atoms with Gasteiger partial charge < -0.3 is 0 Å². The minimum Gasteiger partial charge on any atom is -0.219 e. The van der Waals surface area contributed by atoms with Gasteiger partial charge in [0.15, 0.2) is 0 Å². The zero-order valence-electron chi connectivity index (χ0n) is 15.8. The summed E-state index contributed by atoms with van der Waals surface area (Å²) in [6, 6.07) is 18.5. The van der Waals surface area contributed by atoms with Gasteiger partial charge in [0.2, 0.25) is 4.80 Å². The molecule has 2 aromatic carbocycles.